The van der Waals surface area contributed by atoms with Gasteiger partial charge in [-0.1, -0.05) is 6.07 Å². The first-order chi connectivity index (χ1) is 7.22. The zero-order valence-corrected chi connectivity index (χ0v) is 9.49. The Balaban J connectivity index is 2.41. The molecular weight excluding hydrogens is 210 g/mol. The third-order valence-electron chi connectivity index (χ3n) is 2.46. The third kappa shape index (κ3) is 1.88. The van der Waals surface area contributed by atoms with Crippen molar-refractivity contribution in [3.05, 3.63) is 41.6 Å². The second-order valence-corrected chi connectivity index (χ2v) is 3.71. The zero-order chi connectivity index (χ0) is 10.8. The predicted octanol–water partition coefficient (Wildman–Crippen LogP) is 2.62. The van der Waals surface area contributed by atoms with Crippen molar-refractivity contribution in [2.24, 2.45) is 0 Å². The molecule has 0 spiro atoms. The highest BCUT2D eigenvalue weighted by Gasteiger charge is 2.04. The number of aromatic nitrogens is 3. The molecule has 0 aliphatic rings. The number of alkyl halides is 1. The molecule has 4 heteroatoms. The van der Waals surface area contributed by atoms with Gasteiger partial charge in [-0.25, -0.2) is 9.97 Å². The van der Waals surface area contributed by atoms with E-state index in [-0.39, 0.29) is 0 Å². The summed E-state index contributed by atoms with van der Waals surface area (Å²) >= 11 is 5.70. The van der Waals surface area contributed by atoms with Crippen molar-refractivity contribution in [1.82, 2.24) is 14.5 Å². The van der Waals surface area contributed by atoms with E-state index in [1.54, 1.807) is 12.5 Å². The number of nitrogens with zero attached hydrogens (tertiary/aromatic N) is 3. The van der Waals surface area contributed by atoms with E-state index in [2.05, 4.69) is 9.97 Å². The molecule has 0 saturated carbocycles. The molecule has 0 amide bonds. The molecule has 0 aliphatic heterocycles. The second-order valence-electron chi connectivity index (χ2n) is 3.44. The lowest BCUT2D eigenvalue weighted by atomic mass is 10.3. The molecular formula is C11H12ClN3. The van der Waals surface area contributed by atoms with Crippen molar-refractivity contribution < 1.29 is 0 Å². The standard InChI is InChI=1S/C11H12ClN3/c1-8-9(2)15(7-14-8)11-4-3-10(5-12)6-13-11/h3-4,6-7H,5H2,1-2H3. The summed E-state index contributed by atoms with van der Waals surface area (Å²) in [5.41, 5.74) is 3.16. The summed E-state index contributed by atoms with van der Waals surface area (Å²) in [4.78, 5) is 8.56. The minimum Gasteiger partial charge on any atom is -0.287 e. The van der Waals surface area contributed by atoms with Crippen LogP contribution < -0.4 is 0 Å². The zero-order valence-electron chi connectivity index (χ0n) is 8.74. The Kier molecular flexibility index (Phi) is 2.73. The molecule has 0 bridgehead atoms. The molecule has 0 aromatic carbocycles. The quantitative estimate of drug-likeness (QED) is 0.730. The van der Waals surface area contributed by atoms with Gasteiger partial charge >= 0.3 is 0 Å². The summed E-state index contributed by atoms with van der Waals surface area (Å²) in [5.74, 6) is 1.37. The maximum absolute atomic E-state index is 5.70. The highest BCUT2D eigenvalue weighted by atomic mass is 35.5. The van der Waals surface area contributed by atoms with Gasteiger partial charge in [-0.2, -0.15) is 0 Å². The molecule has 0 N–H and O–H groups in total. The summed E-state index contributed by atoms with van der Waals surface area (Å²) < 4.78 is 1.97. The van der Waals surface area contributed by atoms with Crippen molar-refractivity contribution >= 4 is 11.6 Å². The van der Waals surface area contributed by atoms with Crippen LogP contribution in [0, 0.1) is 13.8 Å². The van der Waals surface area contributed by atoms with E-state index >= 15 is 0 Å². The minimum absolute atomic E-state index is 0.495. The van der Waals surface area contributed by atoms with Crippen LogP contribution in [-0.2, 0) is 5.88 Å². The van der Waals surface area contributed by atoms with E-state index in [1.807, 2.05) is 30.5 Å². The Morgan fingerprint density at radius 3 is 2.53 bits per heavy atom. The highest BCUT2D eigenvalue weighted by molar-refractivity contribution is 6.17. The molecule has 0 aliphatic carbocycles. The molecule has 0 fully saturated rings. The van der Waals surface area contributed by atoms with E-state index in [0.717, 1.165) is 22.8 Å². The van der Waals surface area contributed by atoms with E-state index in [9.17, 15) is 0 Å². The van der Waals surface area contributed by atoms with E-state index in [0.29, 0.717) is 5.88 Å². The summed E-state index contributed by atoms with van der Waals surface area (Å²) in [5, 5.41) is 0. The number of aryl methyl sites for hydroxylation is 1. The van der Waals surface area contributed by atoms with Crippen molar-refractivity contribution in [2.75, 3.05) is 0 Å². The van der Waals surface area contributed by atoms with Crippen LogP contribution >= 0.6 is 11.6 Å². The monoisotopic (exact) mass is 221 g/mol. The topological polar surface area (TPSA) is 30.7 Å². The van der Waals surface area contributed by atoms with Gasteiger partial charge in [0, 0.05) is 17.8 Å². The van der Waals surface area contributed by atoms with Crippen molar-refractivity contribution in [2.45, 2.75) is 19.7 Å². The lowest BCUT2D eigenvalue weighted by Gasteiger charge is -2.04. The van der Waals surface area contributed by atoms with E-state index in [4.69, 9.17) is 11.6 Å². The Morgan fingerprint density at radius 2 is 2.07 bits per heavy atom. The first-order valence-corrected chi connectivity index (χ1v) is 5.27. The molecule has 0 atom stereocenters. The second kappa shape index (κ2) is 4.03. The van der Waals surface area contributed by atoms with Crippen LogP contribution in [0.15, 0.2) is 24.7 Å². The molecule has 78 valence electrons. The number of halogens is 1. The van der Waals surface area contributed by atoms with Crippen molar-refractivity contribution in [3.8, 4) is 5.82 Å². The SMILES string of the molecule is Cc1ncn(-c2ccc(CCl)cn2)c1C. The molecule has 0 unspecified atom stereocenters. The van der Waals surface area contributed by atoms with Gasteiger partial charge in [-0.05, 0) is 25.5 Å². The van der Waals surface area contributed by atoms with Crippen LogP contribution in [0.4, 0.5) is 0 Å². The average molecular weight is 222 g/mol. The Hall–Kier alpha value is -1.35. The van der Waals surface area contributed by atoms with Crippen LogP contribution in [0.1, 0.15) is 17.0 Å². The lowest BCUT2D eigenvalue weighted by molar-refractivity contribution is 0.946. The summed E-state index contributed by atoms with van der Waals surface area (Å²) in [6.07, 6.45) is 3.57. The van der Waals surface area contributed by atoms with Gasteiger partial charge < -0.3 is 0 Å². The summed E-state index contributed by atoms with van der Waals surface area (Å²) in [6.45, 7) is 4.01. The van der Waals surface area contributed by atoms with Gasteiger partial charge in [0.2, 0.25) is 0 Å². The Morgan fingerprint density at radius 1 is 1.27 bits per heavy atom. The third-order valence-corrected chi connectivity index (χ3v) is 2.77. The number of hydrogen-bond donors (Lipinski definition) is 0. The summed E-state index contributed by atoms with van der Waals surface area (Å²) in [6, 6.07) is 3.93. The molecule has 2 heterocycles. The lowest BCUT2D eigenvalue weighted by Crippen LogP contribution is -1.98. The van der Waals surface area contributed by atoms with Gasteiger partial charge in [0.05, 0.1) is 5.69 Å². The normalized spacial score (nSPS) is 10.6. The smallest absolute Gasteiger partial charge is 0.138 e. The first kappa shape index (κ1) is 10.2. The maximum Gasteiger partial charge on any atom is 0.138 e. The van der Waals surface area contributed by atoms with Gasteiger partial charge in [-0.15, -0.1) is 11.6 Å². The molecule has 3 nitrogen and oxygen atoms in total. The maximum atomic E-state index is 5.70. The van der Waals surface area contributed by atoms with Crippen molar-refractivity contribution in [1.29, 1.82) is 0 Å². The van der Waals surface area contributed by atoms with Crippen LogP contribution in [-0.4, -0.2) is 14.5 Å². The molecule has 2 aromatic rings. The Labute approximate surface area is 93.7 Å². The summed E-state index contributed by atoms with van der Waals surface area (Å²) in [7, 11) is 0. The molecule has 15 heavy (non-hydrogen) atoms. The fourth-order valence-electron chi connectivity index (χ4n) is 1.37. The molecule has 0 saturated heterocycles. The fourth-order valence-corrected chi connectivity index (χ4v) is 1.53. The predicted molar refractivity (Wildman–Crippen MR) is 60.4 cm³/mol. The minimum atomic E-state index is 0.495. The number of rotatable bonds is 2. The molecule has 0 radical (unpaired) electrons. The van der Waals surface area contributed by atoms with Crippen LogP contribution in [0.5, 0.6) is 0 Å². The van der Waals surface area contributed by atoms with E-state index in [1.165, 1.54) is 0 Å². The average Bonchev–Trinajstić information content (AvgIpc) is 2.60. The highest BCUT2D eigenvalue weighted by Crippen LogP contribution is 2.12. The van der Waals surface area contributed by atoms with E-state index < -0.39 is 0 Å². The fraction of sp³-hybridized carbons (Fsp3) is 0.273. The number of hydrogen-bond acceptors (Lipinski definition) is 2. The van der Waals surface area contributed by atoms with Crippen LogP contribution in [0.3, 0.4) is 0 Å². The Bertz CT molecular complexity index is 459. The molecule has 2 rings (SSSR count). The first-order valence-electron chi connectivity index (χ1n) is 4.74. The van der Waals surface area contributed by atoms with Gasteiger partial charge in [-0.3, -0.25) is 4.57 Å². The van der Waals surface area contributed by atoms with Gasteiger partial charge in [0.15, 0.2) is 0 Å². The number of imidazole rings is 1. The number of pyridine rings is 1. The van der Waals surface area contributed by atoms with Crippen LogP contribution in [0.25, 0.3) is 5.82 Å². The van der Waals surface area contributed by atoms with Crippen molar-refractivity contribution in [3.63, 3.8) is 0 Å². The van der Waals surface area contributed by atoms with Gasteiger partial charge in [0.1, 0.15) is 12.1 Å². The van der Waals surface area contributed by atoms with Crippen LogP contribution in [0.2, 0.25) is 0 Å². The molecule has 2 aromatic heterocycles. The van der Waals surface area contributed by atoms with Gasteiger partial charge in [0.25, 0.3) is 0 Å². The largest absolute Gasteiger partial charge is 0.287 e.